The Kier molecular flexibility index (Phi) is 6.08. The van der Waals surface area contributed by atoms with Crippen LogP contribution in [0.1, 0.15) is 41.8 Å². The van der Waals surface area contributed by atoms with Crippen LogP contribution in [0.5, 0.6) is 0 Å². The molecule has 2 aromatic rings. The van der Waals surface area contributed by atoms with E-state index in [1.165, 1.54) is 16.0 Å². The molecule has 1 N–H and O–H groups in total. The normalized spacial score (nSPS) is 12.0. The lowest BCUT2D eigenvalue weighted by atomic mass is 10.1. The minimum absolute atomic E-state index is 0.00656. The summed E-state index contributed by atoms with van der Waals surface area (Å²) in [7, 11) is 0. The molecule has 0 aromatic heterocycles. The molecule has 0 spiro atoms. The van der Waals surface area contributed by atoms with Crippen LogP contribution in [0.3, 0.4) is 0 Å². The minimum Gasteiger partial charge on any atom is -0.350 e. The summed E-state index contributed by atoms with van der Waals surface area (Å²) in [6.07, 6.45) is 0.941. The van der Waals surface area contributed by atoms with Crippen molar-refractivity contribution in [2.24, 2.45) is 0 Å². The molecule has 3 heteroatoms. The average Bonchev–Trinajstić information content (AvgIpc) is 2.54. The number of hydrogen-bond acceptors (Lipinski definition) is 2. The van der Waals surface area contributed by atoms with E-state index in [0.717, 1.165) is 17.7 Å². The van der Waals surface area contributed by atoms with Crippen LogP contribution in [0.2, 0.25) is 0 Å². The lowest BCUT2D eigenvalue weighted by Crippen LogP contribution is -2.31. The number of benzene rings is 2. The Hall–Kier alpha value is -1.74. The molecule has 0 radical (unpaired) electrons. The Morgan fingerprint density at radius 2 is 1.73 bits per heavy atom. The largest absolute Gasteiger partial charge is 0.350 e. The van der Waals surface area contributed by atoms with Gasteiger partial charge < -0.3 is 5.32 Å². The van der Waals surface area contributed by atoms with Gasteiger partial charge in [-0.1, -0.05) is 36.8 Å². The fourth-order valence-corrected chi connectivity index (χ4v) is 2.82. The van der Waals surface area contributed by atoms with Crippen LogP contribution < -0.4 is 5.32 Å². The summed E-state index contributed by atoms with van der Waals surface area (Å²) in [5.74, 6) is 0.920. The van der Waals surface area contributed by atoms with Crippen molar-refractivity contribution in [2.45, 2.75) is 43.9 Å². The molecule has 116 valence electrons. The monoisotopic (exact) mass is 313 g/mol. The van der Waals surface area contributed by atoms with Crippen molar-refractivity contribution in [1.82, 2.24) is 5.32 Å². The van der Waals surface area contributed by atoms with Crippen molar-refractivity contribution in [1.29, 1.82) is 0 Å². The lowest BCUT2D eigenvalue weighted by molar-refractivity contribution is 0.0939. The molecule has 0 saturated heterocycles. The quantitative estimate of drug-likeness (QED) is 0.775. The van der Waals surface area contributed by atoms with Gasteiger partial charge in [0, 0.05) is 22.3 Å². The zero-order valence-corrected chi connectivity index (χ0v) is 14.2. The molecule has 0 aliphatic heterocycles. The summed E-state index contributed by atoms with van der Waals surface area (Å²) in [6, 6.07) is 16.6. The molecule has 0 aliphatic rings. The average molecular weight is 313 g/mol. The second-order valence-corrected chi connectivity index (χ2v) is 6.63. The van der Waals surface area contributed by atoms with E-state index in [0.29, 0.717) is 0 Å². The van der Waals surface area contributed by atoms with Crippen LogP contribution >= 0.6 is 11.8 Å². The number of thioether (sulfide) groups is 1. The van der Waals surface area contributed by atoms with Crippen LogP contribution in [0.15, 0.2) is 53.4 Å². The topological polar surface area (TPSA) is 29.1 Å². The van der Waals surface area contributed by atoms with E-state index in [1.807, 2.05) is 43.0 Å². The first-order valence-electron chi connectivity index (χ1n) is 7.67. The smallest absolute Gasteiger partial charge is 0.251 e. The van der Waals surface area contributed by atoms with Gasteiger partial charge in [-0.2, -0.15) is 0 Å². The Morgan fingerprint density at radius 3 is 2.32 bits per heavy atom. The first-order chi connectivity index (χ1) is 10.6. The first kappa shape index (κ1) is 16.6. The van der Waals surface area contributed by atoms with E-state index in [1.54, 1.807) is 0 Å². The van der Waals surface area contributed by atoms with Gasteiger partial charge >= 0.3 is 0 Å². The van der Waals surface area contributed by atoms with Crippen molar-refractivity contribution in [3.63, 3.8) is 0 Å². The van der Waals surface area contributed by atoms with Gasteiger partial charge in [-0.05, 0) is 50.1 Å². The molecule has 0 saturated carbocycles. The van der Waals surface area contributed by atoms with Crippen LogP contribution in [0, 0.1) is 6.92 Å². The van der Waals surface area contributed by atoms with E-state index in [2.05, 4.69) is 43.4 Å². The molecule has 22 heavy (non-hydrogen) atoms. The van der Waals surface area contributed by atoms with Gasteiger partial charge in [0.1, 0.15) is 0 Å². The van der Waals surface area contributed by atoms with Crippen LogP contribution in [-0.4, -0.2) is 11.9 Å². The van der Waals surface area contributed by atoms with Gasteiger partial charge in [-0.3, -0.25) is 4.79 Å². The summed E-state index contributed by atoms with van der Waals surface area (Å²) >= 11 is 1.81. The molecule has 2 aromatic carbocycles. The van der Waals surface area contributed by atoms with Crippen molar-refractivity contribution >= 4 is 17.7 Å². The van der Waals surface area contributed by atoms with Crippen LogP contribution in [0.25, 0.3) is 0 Å². The van der Waals surface area contributed by atoms with E-state index >= 15 is 0 Å². The summed E-state index contributed by atoms with van der Waals surface area (Å²) < 4.78 is 0. The second-order valence-electron chi connectivity index (χ2n) is 5.58. The Bertz CT molecular complexity index is 604. The molecule has 0 unspecified atom stereocenters. The molecule has 0 heterocycles. The third-order valence-corrected chi connectivity index (χ3v) is 4.72. The SMILES string of the molecule is CC[C@@H](C)NC(=O)c1ccc(CSc2ccc(C)cc2)cc1. The maximum absolute atomic E-state index is 12.0. The van der Waals surface area contributed by atoms with Crippen LogP contribution in [-0.2, 0) is 5.75 Å². The molecule has 2 rings (SSSR count). The van der Waals surface area contributed by atoms with Crippen molar-refractivity contribution in [2.75, 3.05) is 0 Å². The number of rotatable bonds is 6. The molecule has 0 bridgehead atoms. The number of aryl methyl sites for hydroxylation is 1. The highest BCUT2D eigenvalue weighted by atomic mass is 32.2. The third-order valence-electron chi connectivity index (χ3n) is 3.63. The van der Waals surface area contributed by atoms with Crippen molar-refractivity contribution in [3.8, 4) is 0 Å². The van der Waals surface area contributed by atoms with Gasteiger partial charge in [0.2, 0.25) is 0 Å². The zero-order chi connectivity index (χ0) is 15.9. The number of carbonyl (C=O) groups is 1. The predicted molar refractivity (Wildman–Crippen MR) is 94.4 cm³/mol. The summed E-state index contributed by atoms with van der Waals surface area (Å²) in [5.41, 5.74) is 3.23. The fraction of sp³-hybridized carbons (Fsp3) is 0.316. The van der Waals surface area contributed by atoms with Gasteiger partial charge in [-0.25, -0.2) is 0 Å². The molecular weight excluding hydrogens is 290 g/mol. The summed E-state index contributed by atoms with van der Waals surface area (Å²) in [5, 5.41) is 2.98. The minimum atomic E-state index is 0.00656. The highest BCUT2D eigenvalue weighted by Gasteiger charge is 2.08. The van der Waals surface area contributed by atoms with E-state index in [4.69, 9.17) is 0 Å². The number of nitrogens with one attached hydrogen (secondary N) is 1. The number of carbonyl (C=O) groups excluding carboxylic acids is 1. The van der Waals surface area contributed by atoms with Gasteiger partial charge in [0.25, 0.3) is 5.91 Å². The Morgan fingerprint density at radius 1 is 1.09 bits per heavy atom. The highest BCUT2D eigenvalue weighted by Crippen LogP contribution is 2.23. The van der Waals surface area contributed by atoms with Crippen LogP contribution in [0.4, 0.5) is 0 Å². The zero-order valence-electron chi connectivity index (χ0n) is 13.4. The second kappa shape index (κ2) is 8.04. The predicted octanol–water partition coefficient (Wildman–Crippen LogP) is 4.82. The molecule has 0 aliphatic carbocycles. The standard InChI is InChI=1S/C19H23NOS/c1-4-15(3)20-19(21)17-9-7-16(8-10-17)13-22-18-11-5-14(2)6-12-18/h5-12,15H,4,13H2,1-3H3,(H,20,21)/t15-/m1/s1. The number of amides is 1. The molecular formula is C19H23NOS. The van der Waals surface area contributed by atoms with Gasteiger partial charge in [0.15, 0.2) is 0 Å². The molecule has 1 atom stereocenters. The van der Waals surface area contributed by atoms with E-state index < -0.39 is 0 Å². The molecule has 0 fully saturated rings. The third kappa shape index (κ3) is 4.92. The Labute approximate surface area is 137 Å². The summed E-state index contributed by atoms with van der Waals surface area (Å²) in [6.45, 7) is 6.18. The fourth-order valence-electron chi connectivity index (χ4n) is 1.96. The summed E-state index contributed by atoms with van der Waals surface area (Å²) in [4.78, 5) is 13.3. The van der Waals surface area contributed by atoms with Crippen molar-refractivity contribution < 1.29 is 4.79 Å². The highest BCUT2D eigenvalue weighted by molar-refractivity contribution is 7.98. The van der Waals surface area contributed by atoms with Gasteiger partial charge in [0.05, 0.1) is 0 Å². The maximum atomic E-state index is 12.0. The van der Waals surface area contributed by atoms with E-state index in [-0.39, 0.29) is 11.9 Å². The molecule has 2 nitrogen and oxygen atoms in total. The molecule has 1 amide bonds. The van der Waals surface area contributed by atoms with E-state index in [9.17, 15) is 4.79 Å². The lowest BCUT2D eigenvalue weighted by Gasteiger charge is -2.11. The maximum Gasteiger partial charge on any atom is 0.251 e. The first-order valence-corrected chi connectivity index (χ1v) is 8.66. The Balaban J connectivity index is 1.91. The van der Waals surface area contributed by atoms with Gasteiger partial charge in [-0.15, -0.1) is 11.8 Å². The van der Waals surface area contributed by atoms with Crippen molar-refractivity contribution in [3.05, 3.63) is 65.2 Å². The number of hydrogen-bond donors (Lipinski definition) is 1.